The van der Waals surface area contributed by atoms with Gasteiger partial charge >= 0.3 is 0 Å². The number of aldehydes is 2. The third-order valence-electron chi connectivity index (χ3n) is 1.56. The summed E-state index contributed by atoms with van der Waals surface area (Å²) in [6.07, 6.45) is 14.6. The smallest absolute Gasteiger partial charge is 0.142 e. The van der Waals surface area contributed by atoms with E-state index in [-0.39, 0.29) is 5.78 Å². The van der Waals surface area contributed by atoms with Crippen molar-refractivity contribution in [2.45, 2.75) is 12.8 Å². The minimum Gasteiger partial charge on any atom is -0.299 e. The molecule has 0 amide bonds. The molecule has 0 radical (unpaired) electrons. The molecule has 0 heterocycles. The van der Waals surface area contributed by atoms with Gasteiger partial charge in [-0.1, -0.05) is 36.5 Å². The summed E-state index contributed by atoms with van der Waals surface area (Å²) in [5.74, 6) is 0.0755. The van der Waals surface area contributed by atoms with Crippen molar-refractivity contribution in [3.05, 3.63) is 48.6 Å². The van der Waals surface area contributed by atoms with Crippen molar-refractivity contribution >= 4 is 18.4 Å². The molecule has 0 rings (SSSR count). The second-order valence-electron chi connectivity index (χ2n) is 2.85. The normalized spacial score (nSPS) is 12.0. The lowest BCUT2D eigenvalue weighted by molar-refractivity contribution is -0.117. The van der Waals surface area contributed by atoms with Crippen LogP contribution >= 0.6 is 0 Å². The number of carbonyl (C=O) groups is 3. The van der Waals surface area contributed by atoms with E-state index in [9.17, 15) is 14.4 Å². The quantitative estimate of drug-likeness (QED) is 0.355. The maximum Gasteiger partial charge on any atom is 0.142 e. The van der Waals surface area contributed by atoms with Crippen LogP contribution in [-0.4, -0.2) is 18.4 Å². The van der Waals surface area contributed by atoms with Gasteiger partial charge in [0.15, 0.2) is 0 Å². The van der Waals surface area contributed by atoms with Crippen LogP contribution < -0.4 is 0 Å². The Morgan fingerprint density at radius 1 is 0.688 bits per heavy atom. The summed E-state index contributed by atoms with van der Waals surface area (Å²) in [6, 6.07) is 0. The molecule has 0 aliphatic carbocycles. The molecule has 3 heteroatoms. The number of Topliss-reactive ketones (excluding diaryl/α,β-unsaturated/α-hetero) is 1. The van der Waals surface area contributed by atoms with Gasteiger partial charge in [0.1, 0.15) is 18.4 Å². The molecular formula is C13H14O3. The van der Waals surface area contributed by atoms with E-state index < -0.39 is 0 Å². The van der Waals surface area contributed by atoms with Crippen LogP contribution in [0.15, 0.2) is 48.6 Å². The molecule has 0 aliphatic heterocycles. The Morgan fingerprint density at radius 3 is 1.50 bits per heavy atom. The molecule has 0 N–H and O–H groups in total. The van der Waals surface area contributed by atoms with Gasteiger partial charge in [-0.2, -0.15) is 0 Å². The lowest BCUT2D eigenvalue weighted by Gasteiger charge is -1.88. The molecule has 0 aromatic rings. The molecule has 0 fully saturated rings. The fourth-order valence-corrected chi connectivity index (χ4v) is 0.858. The number of hydrogen-bond acceptors (Lipinski definition) is 3. The van der Waals surface area contributed by atoms with Gasteiger partial charge in [-0.3, -0.25) is 14.4 Å². The highest BCUT2D eigenvalue weighted by atomic mass is 16.1. The summed E-state index contributed by atoms with van der Waals surface area (Å²) in [5, 5.41) is 0. The van der Waals surface area contributed by atoms with Gasteiger partial charge in [0.2, 0.25) is 0 Å². The first kappa shape index (κ1) is 14.0. The summed E-state index contributed by atoms with van der Waals surface area (Å²) < 4.78 is 0. The third-order valence-corrected chi connectivity index (χ3v) is 1.56. The molecule has 3 nitrogen and oxygen atoms in total. The molecule has 0 unspecified atom stereocenters. The van der Waals surface area contributed by atoms with Gasteiger partial charge in [0.25, 0.3) is 0 Å². The minimum absolute atomic E-state index is 0.0755. The van der Waals surface area contributed by atoms with Crippen molar-refractivity contribution in [3.63, 3.8) is 0 Å². The van der Waals surface area contributed by atoms with Crippen LogP contribution in [0.25, 0.3) is 0 Å². The van der Waals surface area contributed by atoms with Crippen LogP contribution in [0.4, 0.5) is 0 Å². The average molecular weight is 218 g/mol. The zero-order valence-electron chi connectivity index (χ0n) is 8.91. The molecule has 0 spiro atoms. The lowest BCUT2D eigenvalue weighted by atomic mass is 10.2. The Labute approximate surface area is 94.8 Å². The fourth-order valence-electron chi connectivity index (χ4n) is 0.858. The van der Waals surface area contributed by atoms with Gasteiger partial charge in [0, 0.05) is 12.8 Å². The van der Waals surface area contributed by atoms with Crippen molar-refractivity contribution in [2.24, 2.45) is 0 Å². The maximum atomic E-state index is 11.2. The van der Waals surface area contributed by atoms with Crippen LogP contribution in [0.5, 0.6) is 0 Å². The van der Waals surface area contributed by atoms with Crippen molar-refractivity contribution in [1.82, 2.24) is 0 Å². The van der Waals surface area contributed by atoms with Gasteiger partial charge in [-0.25, -0.2) is 0 Å². The molecule has 0 atom stereocenters. The topological polar surface area (TPSA) is 51.2 Å². The van der Waals surface area contributed by atoms with Gasteiger partial charge in [0.05, 0.1) is 0 Å². The largest absolute Gasteiger partial charge is 0.299 e. The number of rotatable bonds is 8. The summed E-state index contributed by atoms with van der Waals surface area (Å²) in [7, 11) is 0. The molecule has 0 aromatic heterocycles. The van der Waals surface area contributed by atoms with Crippen molar-refractivity contribution < 1.29 is 14.4 Å². The Kier molecular flexibility index (Phi) is 9.65. The second kappa shape index (κ2) is 11.0. The number of ketones is 1. The predicted octanol–water partition coefficient (Wildman–Crippen LogP) is 1.96. The zero-order valence-corrected chi connectivity index (χ0v) is 8.91. The number of carbonyl (C=O) groups excluding carboxylic acids is 3. The third kappa shape index (κ3) is 10.1. The molecule has 0 bridgehead atoms. The van der Waals surface area contributed by atoms with Crippen LogP contribution in [-0.2, 0) is 14.4 Å². The van der Waals surface area contributed by atoms with E-state index in [4.69, 9.17) is 0 Å². The SMILES string of the molecule is O=CC=CC=CCC(=O)CC=CC=CC=O. The van der Waals surface area contributed by atoms with E-state index in [0.717, 1.165) is 0 Å². The van der Waals surface area contributed by atoms with Gasteiger partial charge in [-0.05, 0) is 12.2 Å². The van der Waals surface area contributed by atoms with Crippen molar-refractivity contribution in [1.29, 1.82) is 0 Å². The maximum absolute atomic E-state index is 11.2. The van der Waals surface area contributed by atoms with E-state index in [1.54, 1.807) is 36.5 Å². The second-order valence-corrected chi connectivity index (χ2v) is 2.85. The highest BCUT2D eigenvalue weighted by molar-refractivity contribution is 5.81. The predicted molar refractivity (Wildman–Crippen MR) is 62.9 cm³/mol. The first-order valence-electron chi connectivity index (χ1n) is 4.87. The molecular weight excluding hydrogens is 204 g/mol. The van der Waals surface area contributed by atoms with Crippen LogP contribution in [0.2, 0.25) is 0 Å². The Hall–Kier alpha value is -2.03. The summed E-state index contributed by atoms with van der Waals surface area (Å²) in [4.78, 5) is 31.0. The summed E-state index contributed by atoms with van der Waals surface area (Å²) in [6.45, 7) is 0. The Morgan fingerprint density at radius 2 is 1.12 bits per heavy atom. The van der Waals surface area contributed by atoms with E-state index in [1.165, 1.54) is 12.2 Å². The highest BCUT2D eigenvalue weighted by Crippen LogP contribution is 1.94. The van der Waals surface area contributed by atoms with E-state index in [0.29, 0.717) is 25.4 Å². The van der Waals surface area contributed by atoms with Crippen molar-refractivity contribution in [2.75, 3.05) is 0 Å². The molecule has 0 aliphatic rings. The molecule has 0 aromatic carbocycles. The van der Waals surface area contributed by atoms with Gasteiger partial charge in [-0.15, -0.1) is 0 Å². The van der Waals surface area contributed by atoms with Gasteiger partial charge < -0.3 is 0 Å². The molecule has 84 valence electrons. The highest BCUT2D eigenvalue weighted by Gasteiger charge is 1.93. The number of allylic oxidation sites excluding steroid dienone is 8. The monoisotopic (exact) mass is 218 g/mol. The Bertz CT molecular complexity index is 301. The Balaban J connectivity index is 3.74. The summed E-state index contributed by atoms with van der Waals surface area (Å²) in [5.41, 5.74) is 0. The zero-order chi connectivity index (χ0) is 12.1. The first-order valence-corrected chi connectivity index (χ1v) is 4.87. The molecule has 16 heavy (non-hydrogen) atoms. The summed E-state index contributed by atoms with van der Waals surface area (Å²) >= 11 is 0. The van der Waals surface area contributed by atoms with E-state index in [2.05, 4.69) is 0 Å². The standard InChI is InChI=1S/C13H14O3/c14-11-7-3-1-5-9-13(16)10-6-2-4-8-12-15/h1-8,11-12H,9-10H2. The van der Waals surface area contributed by atoms with E-state index >= 15 is 0 Å². The first-order chi connectivity index (χ1) is 7.81. The lowest BCUT2D eigenvalue weighted by Crippen LogP contribution is -1.91. The van der Waals surface area contributed by atoms with Crippen LogP contribution in [0.3, 0.4) is 0 Å². The number of hydrogen-bond donors (Lipinski definition) is 0. The fraction of sp³-hybridized carbons (Fsp3) is 0.154. The van der Waals surface area contributed by atoms with E-state index in [1.807, 2.05) is 0 Å². The molecule has 0 saturated heterocycles. The van der Waals surface area contributed by atoms with Crippen LogP contribution in [0.1, 0.15) is 12.8 Å². The average Bonchev–Trinajstić information content (AvgIpc) is 2.28. The molecule has 0 saturated carbocycles. The van der Waals surface area contributed by atoms with Crippen LogP contribution in [0, 0.1) is 0 Å². The minimum atomic E-state index is 0.0755. The van der Waals surface area contributed by atoms with Crippen molar-refractivity contribution in [3.8, 4) is 0 Å².